The minimum Gasteiger partial charge on any atom is -0.470 e. The summed E-state index contributed by atoms with van der Waals surface area (Å²) in [5.74, 6) is 0.819. The largest absolute Gasteiger partial charge is 0.470 e. The smallest absolute Gasteiger partial charge is 0.255 e. The van der Waals surface area contributed by atoms with Gasteiger partial charge in [-0.05, 0) is 88.2 Å². The van der Waals surface area contributed by atoms with Crippen molar-refractivity contribution < 1.29 is 19.4 Å². The molecule has 1 amide bonds. The number of azide groups is 1. The van der Waals surface area contributed by atoms with Crippen molar-refractivity contribution in [2.45, 2.75) is 101 Å². The molecule has 0 bridgehead atoms. The van der Waals surface area contributed by atoms with Gasteiger partial charge in [-0.2, -0.15) is 0 Å². The lowest BCUT2D eigenvalue weighted by molar-refractivity contribution is -0.139. The van der Waals surface area contributed by atoms with Crippen molar-refractivity contribution in [2.24, 2.45) is 16.0 Å². The zero-order valence-corrected chi connectivity index (χ0v) is 21.4. The predicted molar refractivity (Wildman–Crippen MR) is 138 cm³/mol. The molecule has 9 heteroatoms. The third-order valence-corrected chi connectivity index (χ3v) is 8.09. The molecule has 1 saturated heterocycles. The van der Waals surface area contributed by atoms with Gasteiger partial charge in [0.1, 0.15) is 0 Å². The summed E-state index contributed by atoms with van der Waals surface area (Å²) in [4.78, 5) is 24.4. The van der Waals surface area contributed by atoms with Crippen molar-refractivity contribution in [1.29, 1.82) is 0 Å². The SMILES string of the molecule is C=CC[C@]1(C(=O)N2CCCCC2)N=C(C2CCC(OCCCO)CC2)O[C@H]1C1=C(N=[N+]=[N-])CCCC1. The maximum Gasteiger partial charge on any atom is 0.255 e. The van der Waals surface area contributed by atoms with Crippen molar-refractivity contribution in [1.82, 2.24) is 4.90 Å². The van der Waals surface area contributed by atoms with Crippen LogP contribution in [0.15, 0.2) is 34.0 Å². The summed E-state index contributed by atoms with van der Waals surface area (Å²) in [5, 5.41) is 13.1. The minimum absolute atomic E-state index is 0.0153. The van der Waals surface area contributed by atoms with E-state index in [1.54, 1.807) is 6.08 Å². The molecule has 2 heterocycles. The molecular weight excluding hydrogens is 458 g/mol. The summed E-state index contributed by atoms with van der Waals surface area (Å²) in [5.41, 5.74) is 9.78. The molecule has 1 saturated carbocycles. The molecule has 9 nitrogen and oxygen atoms in total. The Bertz CT molecular complexity index is 898. The van der Waals surface area contributed by atoms with Gasteiger partial charge in [-0.3, -0.25) is 4.79 Å². The molecule has 2 fully saturated rings. The van der Waals surface area contributed by atoms with E-state index in [1.165, 1.54) is 0 Å². The Morgan fingerprint density at radius 3 is 2.67 bits per heavy atom. The summed E-state index contributed by atoms with van der Waals surface area (Å²) in [7, 11) is 0. The Balaban J connectivity index is 1.64. The van der Waals surface area contributed by atoms with Crippen LogP contribution in [-0.2, 0) is 14.3 Å². The van der Waals surface area contributed by atoms with Gasteiger partial charge in [-0.15, -0.1) is 6.58 Å². The molecule has 0 spiro atoms. The normalized spacial score (nSPS) is 30.9. The molecule has 2 atom stereocenters. The second-order valence-corrected chi connectivity index (χ2v) is 10.5. The fraction of sp³-hybridized carbons (Fsp3) is 0.778. The van der Waals surface area contributed by atoms with Crippen molar-refractivity contribution >= 4 is 11.8 Å². The van der Waals surface area contributed by atoms with Gasteiger partial charge in [-0.1, -0.05) is 11.2 Å². The van der Waals surface area contributed by atoms with Gasteiger partial charge in [0.15, 0.2) is 17.5 Å². The van der Waals surface area contributed by atoms with Gasteiger partial charge in [0.25, 0.3) is 5.91 Å². The molecule has 0 aromatic carbocycles. The van der Waals surface area contributed by atoms with Crippen LogP contribution in [-0.4, -0.2) is 65.9 Å². The Morgan fingerprint density at radius 1 is 1.22 bits per heavy atom. The maximum absolute atomic E-state index is 14.2. The molecule has 0 unspecified atom stereocenters. The number of aliphatic hydroxyl groups excluding tert-OH is 1. The molecule has 2 aliphatic carbocycles. The van der Waals surface area contributed by atoms with Gasteiger partial charge in [0.05, 0.1) is 6.10 Å². The third-order valence-electron chi connectivity index (χ3n) is 8.09. The Morgan fingerprint density at radius 2 is 1.97 bits per heavy atom. The van der Waals surface area contributed by atoms with Crippen LogP contribution < -0.4 is 0 Å². The van der Waals surface area contributed by atoms with E-state index < -0.39 is 11.6 Å². The number of rotatable bonds is 10. The first-order valence-electron chi connectivity index (χ1n) is 13.8. The van der Waals surface area contributed by atoms with Crippen molar-refractivity contribution in [2.75, 3.05) is 26.3 Å². The number of amides is 1. The molecular formula is C27H41N5O4. The monoisotopic (exact) mass is 499 g/mol. The summed E-state index contributed by atoms with van der Waals surface area (Å²) in [6.07, 6.45) is 12.6. The van der Waals surface area contributed by atoms with E-state index >= 15 is 0 Å². The topological polar surface area (TPSA) is 120 Å². The number of aliphatic imine (C=N–C) groups is 1. The number of hydrogen-bond donors (Lipinski definition) is 1. The van der Waals surface area contributed by atoms with E-state index in [1.807, 2.05) is 4.90 Å². The van der Waals surface area contributed by atoms with Crippen LogP contribution in [0.2, 0.25) is 0 Å². The van der Waals surface area contributed by atoms with Crippen molar-refractivity contribution in [3.63, 3.8) is 0 Å². The summed E-state index contributed by atoms with van der Waals surface area (Å²) >= 11 is 0. The summed E-state index contributed by atoms with van der Waals surface area (Å²) in [6.45, 7) is 6.20. The lowest BCUT2D eigenvalue weighted by Crippen LogP contribution is -2.55. The van der Waals surface area contributed by atoms with E-state index in [9.17, 15) is 10.3 Å². The van der Waals surface area contributed by atoms with Crippen LogP contribution in [0, 0.1) is 5.92 Å². The summed E-state index contributed by atoms with van der Waals surface area (Å²) < 4.78 is 12.6. The van der Waals surface area contributed by atoms with Crippen LogP contribution in [0.1, 0.15) is 83.5 Å². The van der Waals surface area contributed by atoms with E-state index in [-0.39, 0.29) is 24.5 Å². The first-order chi connectivity index (χ1) is 17.6. The second kappa shape index (κ2) is 12.7. The number of nitrogens with zero attached hydrogens (tertiary/aromatic N) is 5. The predicted octanol–water partition coefficient (Wildman–Crippen LogP) is 5.21. The van der Waals surface area contributed by atoms with Gasteiger partial charge in [-0.25, -0.2) is 4.99 Å². The third kappa shape index (κ3) is 5.79. The van der Waals surface area contributed by atoms with Gasteiger partial charge >= 0.3 is 0 Å². The van der Waals surface area contributed by atoms with Gasteiger partial charge < -0.3 is 19.5 Å². The molecule has 4 rings (SSSR count). The Hall–Kier alpha value is -2.35. The molecule has 36 heavy (non-hydrogen) atoms. The highest BCUT2D eigenvalue weighted by atomic mass is 16.5. The first kappa shape index (κ1) is 26.7. The average Bonchev–Trinajstić information content (AvgIpc) is 3.30. The van der Waals surface area contributed by atoms with E-state index in [2.05, 4.69) is 16.6 Å². The van der Waals surface area contributed by atoms with Gasteiger partial charge in [0.2, 0.25) is 0 Å². The van der Waals surface area contributed by atoms with Crippen molar-refractivity contribution in [3.05, 3.63) is 34.4 Å². The molecule has 2 aliphatic heterocycles. The Kier molecular flexibility index (Phi) is 9.46. The zero-order valence-electron chi connectivity index (χ0n) is 21.4. The number of carbonyl (C=O) groups is 1. The fourth-order valence-electron chi connectivity index (χ4n) is 6.19. The Labute approximate surface area is 214 Å². The number of hydrogen-bond acceptors (Lipinski definition) is 6. The standard InChI is InChI=1S/C27H41N5O4/c1-2-15-27(26(34)32-16-6-3-7-17-32)24(22-9-4-5-10-23(22)30-31-28)36-25(29-27)20-11-13-21(14-12-20)35-19-8-18-33/h2,20-21,24,33H,1,3-19H2/t20?,21?,24-,27-/m0/s1. The van der Waals surface area contributed by atoms with Crippen LogP contribution in [0.4, 0.5) is 0 Å². The highest BCUT2D eigenvalue weighted by Gasteiger charge is 2.55. The lowest BCUT2D eigenvalue weighted by Gasteiger charge is -2.38. The highest BCUT2D eigenvalue weighted by Crippen LogP contribution is 2.44. The molecule has 4 aliphatic rings. The first-order valence-corrected chi connectivity index (χ1v) is 13.8. The van der Waals surface area contributed by atoms with E-state index in [0.717, 1.165) is 82.9 Å². The number of aliphatic hydroxyl groups is 1. The molecule has 0 aromatic rings. The number of allylic oxidation sites excluding steroid dienone is 1. The lowest BCUT2D eigenvalue weighted by atomic mass is 9.79. The molecule has 198 valence electrons. The van der Waals surface area contributed by atoms with Crippen LogP contribution >= 0.6 is 0 Å². The van der Waals surface area contributed by atoms with Gasteiger partial charge in [0, 0.05) is 49.3 Å². The molecule has 1 N–H and O–H groups in total. The average molecular weight is 500 g/mol. The van der Waals surface area contributed by atoms with Crippen LogP contribution in [0.25, 0.3) is 10.4 Å². The number of piperidine rings is 1. The number of likely N-dealkylation sites (tertiary alicyclic amines) is 1. The van der Waals surface area contributed by atoms with Crippen molar-refractivity contribution in [3.8, 4) is 0 Å². The van der Waals surface area contributed by atoms with E-state index in [4.69, 9.17) is 19.6 Å². The van der Waals surface area contributed by atoms with Crippen LogP contribution in [0.3, 0.4) is 0 Å². The number of carbonyl (C=O) groups excluding carboxylic acids is 1. The molecule has 0 aromatic heterocycles. The minimum atomic E-state index is -1.09. The highest BCUT2D eigenvalue weighted by molar-refractivity contribution is 5.95. The van der Waals surface area contributed by atoms with E-state index in [0.29, 0.717) is 37.5 Å². The fourth-order valence-corrected chi connectivity index (χ4v) is 6.19. The molecule has 0 radical (unpaired) electrons. The zero-order chi connectivity index (χ0) is 25.4. The maximum atomic E-state index is 14.2. The quantitative estimate of drug-likeness (QED) is 0.146. The summed E-state index contributed by atoms with van der Waals surface area (Å²) in [6, 6.07) is 0. The second-order valence-electron chi connectivity index (χ2n) is 10.5. The number of ether oxygens (including phenoxy) is 2. The van der Waals surface area contributed by atoms with Crippen LogP contribution in [0.5, 0.6) is 0 Å².